The molecule has 0 aliphatic heterocycles. The first-order valence-electron chi connectivity index (χ1n) is 4.26. The van der Waals surface area contributed by atoms with Gasteiger partial charge in [-0.15, -0.1) is 0 Å². The average Bonchev–Trinajstić information content (AvgIpc) is 2.25. The van der Waals surface area contributed by atoms with Gasteiger partial charge in [0.15, 0.2) is 0 Å². The fraction of sp³-hybridized carbons (Fsp3) is 0.200. The van der Waals surface area contributed by atoms with Crippen LogP contribution >= 0.6 is 0 Å². The molecule has 0 atom stereocenters. The number of para-hydroxylation sites is 1. The molecule has 1 amide bonds. The molecule has 0 spiro atoms. The SMILES string of the molecule is COc1ccccc1C(=O)NCC(=O)[O-]. The Morgan fingerprint density at radius 2 is 2.07 bits per heavy atom. The van der Waals surface area contributed by atoms with Crippen LogP contribution in [0.15, 0.2) is 24.3 Å². The summed E-state index contributed by atoms with van der Waals surface area (Å²) in [7, 11) is 1.44. The number of rotatable bonds is 4. The summed E-state index contributed by atoms with van der Waals surface area (Å²) in [6.45, 7) is -0.517. The summed E-state index contributed by atoms with van der Waals surface area (Å²) in [5, 5.41) is 12.3. The molecule has 0 bridgehead atoms. The molecule has 0 heterocycles. The maximum atomic E-state index is 11.4. The highest BCUT2D eigenvalue weighted by Gasteiger charge is 2.10. The van der Waals surface area contributed by atoms with E-state index in [1.54, 1.807) is 24.3 Å². The number of hydrogen-bond acceptors (Lipinski definition) is 4. The molecule has 0 fully saturated rings. The van der Waals surface area contributed by atoms with Gasteiger partial charge in [-0.2, -0.15) is 0 Å². The van der Waals surface area contributed by atoms with Crippen LogP contribution in [-0.4, -0.2) is 25.5 Å². The van der Waals surface area contributed by atoms with Gasteiger partial charge in [-0.3, -0.25) is 4.79 Å². The van der Waals surface area contributed by atoms with Crippen molar-refractivity contribution in [3.8, 4) is 5.75 Å². The zero-order chi connectivity index (χ0) is 11.3. The van der Waals surface area contributed by atoms with Crippen LogP contribution in [0.4, 0.5) is 0 Å². The molecule has 5 nitrogen and oxygen atoms in total. The zero-order valence-corrected chi connectivity index (χ0v) is 8.15. The van der Waals surface area contributed by atoms with Crippen LogP contribution < -0.4 is 15.2 Å². The minimum atomic E-state index is -1.33. The van der Waals surface area contributed by atoms with Crippen LogP contribution in [-0.2, 0) is 4.79 Å². The lowest BCUT2D eigenvalue weighted by atomic mass is 10.2. The maximum Gasteiger partial charge on any atom is 0.255 e. The Morgan fingerprint density at radius 1 is 1.40 bits per heavy atom. The van der Waals surface area contributed by atoms with Crippen LogP contribution in [0.1, 0.15) is 10.4 Å². The highest BCUT2D eigenvalue weighted by molar-refractivity contribution is 5.98. The zero-order valence-electron chi connectivity index (χ0n) is 8.15. The van der Waals surface area contributed by atoms with E-state index in [2.05, 4.69) is 5.32 Å². The summed E-state index contributed by atoms with van der Waals surface area (Å²) in [5.74, 6) is -1.44. The lowest BCUT2D eigenvalue weighted by Crippen LogP contribution is -2.37. The molecule has 80 valence electrons. The van der Waals surface area contributed by atoms with Gasteiger partial charge in [0, 0.05) is 0 Å². The number of hydrogen-bond donors (Lipinski definition) is 1. The van der Waals surface area contributed by atoms with E-state index in [4.69, 9.17) is 4.74 Å². The molecule has 0 aliphatic rings. The fourth-order valence-electron chi connectivity index (χ4n) is 1.08. The molecule has 0 radical (unpaired) electrons. The Hall–Kier alpha value is -2.04. The Bertz CT molecular complexity index is 375. The minimum Gasteiger partial charge on any atom is -0.548 e. The minimum absolute atomic E-state index is 0.293. The normalized spacial score (nSPS) is 9.40. The standard InChI is InChI=1S/C10H11NO4/c1-15-8-5-3-2-4-7(8)10(14)11-6-9(12)13/h2-5H,6H2,1H3,(H,11,14)(H,12,13)/p-1. The first kappa shape index (κ1) is 11.0. The summed E-state index contributed by atoms with van der Waals surface area (Å²) in [6, 6.07) is 6.54. The smallest absolute Gasteiger partial charge is 0.255 e. The number of carboxylic acids is 1. The number of carbonyl (C=O) groups is 2. The first-order valence-corrected chi connectivity index (χ1v) is 4.26. The molecule has 0 unspecified atom stereocenters. The fourth-order valence-corrected chi connectivity index (χ4v) is 1.08. The average molecular weight is 208 g/mol. The molecule has 1 aromatic carbocycles. The number of carbonyl (C=O) groups excluding carboxylic acids is 2. The van der Waals surface area contributed by atoms with E-state index >= 15 is 0 Å². The Kier molecular flexibility index (Phi) is 3.68. The molecule has 0 aliphatic carbocycles. The van der Waals surface area contributed by atoms with Crippen molar-refractivity contribution in [1.82, 2.24) is 5.32 Å². The van der Waals surface area contributed by atoms with Crippen molar-refractivity contribution in [2.45, 2.75) is 0 Å². The van der Waals surface area contributed by atoms with E-state index in [-0.39, 0.29) is 0 Å². The maximum absolute atomic E-state index is 11.4. The number of nitrogens with one attached hydrogen (secondary N) is 1. The Morgan fingerprint density at radius 3 is 2.67 bits per heavy atom. The van der Waals surface area contributed by atoms with Crippen molar-refractivity contribution in [2.24, 2.45) is 0 Å². The first-order chi connectivity index (χ1) is 7.15. The van der Waals surface area contributed by atoms with Crippen LogP contribution in [0, 0.1) is 0 Å². The van der Waals surface area contributed by atoms with E-state index in [1.165, 1.54) is 7.11 Å². The van der Waals surface area contributed by atoms with Crippen molar-refractivity contribution in [1.29, 1.82) is 0 Å². The van der Waals surface area contributed by atoms with E-state index in [9.17, 15) is 14.7 Å². The van der Waals surface area contributed by atoms with Crippen molar-refractivity contribution in [3.63, 3.8) is 0 Å². The molecule has 15 heavy (non-hydrogen) atoms. The van der Waals surface area contributed by atoms with Crippen LogP contribution in [0.5, 0.6) is 5.75 Å². The van der Waals surface area contributed by atoms with E-state index in [1.807, 2.05) is 0 Å². The molecular weight excluding hydrogens is 198 g/mol. The van der Waals surface area contributed by atoms with Gasteiger partial charge in [0.25, 0.3) is 5.91 Å². The molecule has 1 rings (SSSR count). The highest BCUT2D eigenvalue weighted by atomic mass is 16.5. The third kappa shape index (κ3) is 2.98. The predicted molar refractivity (Wildman–Crippen MR) is 50.3 cm³/mol. The quantitative estimate of drug-likeness (QED) is 0.700. The van der Waals surface area contributed by atoms with Crippen LogP contribution in [0.25, 0.3) is 0 Å². The molecule has 0 aromatic heterocycles. The monoisotopic (exact) mass is 208 g/mol. The molecule has 1 N–H and O–H groups in total. The number of methoxy groups -OCH3 is 1. The number of aliphatic carboxylic acids is 1. The second-order valence-corrected chi connectivity index (χ2v) is 2.75. The summed E-state index contributed by atoms with van der Waals surface area (Å²) in [4.78, 5) is 21.6. The summed E-state index contributed by atoms with van der Waals surface area (Å²) < 4.78 is 4.95. The van der Waals surface area contributed by atoms with E-state index in [0.29, 0.717) is 11.3 Å². The van der Waals surface area contributed by atoms with Crippen LogP contribution in [0.3, 0.4) is 0 Å². The lowest BCUT2D eigenvalue weighted by Gasteiger charge is -2.08. The topological polar surface area (TPSA) is 78.5 Å². The lowest BCUT2D eigenvalue weighted by molar-refractivity contribution is -0.303. The number of carboxylic acid groups (broad SMARTS) is 1. The largest absolute Gasteiger partial charge is 0.548 e. The molecular formula is C10H10NO4-. The number of benzene rings is 1. The van der Waals surface area contributed by atoms with Crippen molar-refractivity contribution in [2.75, 3.05) is 13.7 Å². The van der Waals surface area contributed by atoms with Gasteiger partial charge < -0.3 is 20.0 Å². The van der Waals surface area contributed by atoms with Gasteiger partial charge in [-0.05, 0) is 12.1 Å². The summed E-state index contributed by atoms with van der Waals surface area (Å²) in [6.07, 6.45) is 0. The predicted octanol–water partition coefficient (Wildman–Crippen LogP) is -0.825. The summed E-state index contributed by atoms with van der Waals surface area (Å²) in [5.41, 5.74) is 0.293. The molecule has 1 aromatic rings. The van der Waals surface area contributed by atoms with Crippen molar-refractivity contribution >= 4 is 11.9 Å². The van der Waals surface area contributed by atoms with E-state index < -0.39 is 18.4 Å². The Labute approximate surface area is 86.7 Å². The second kappa shape index (κ2) is 4.99. The van der Waals surface area contributed by atoms with Crippen molar-refractivity contribution < 1.29 is 19.4 Å². The van der Waals surface area contributed by atoms with Gasteiger partial charge in [-0.1, -0.05) is 12.1 Å². The second-order valence-electron chi connectivity index (χ2n) is 2.75. The third-order valence-corrected chi connectivity index (χ3v) is 1.74. The molecule has 0 saturated heterocycles. The van der Waals surface area contributed by atoms with Crippen molar-refractivity contribution in [3.05, 3.63) is 29.8 Å². The highest BCUT2D eigenvalue weighted by Crippen LogP contribution is 2.16. The van der Waals surface area contributed by atoms with Gasteiger partial charge in [0.2, 0.25) is 0 Å². The Balaban J connectivity index is 2.77. The molecule has 0 saturated carbocycles. The molecule has 5 heteroatoms. The van der Waals surface area contributed by atoms with Gasteiger partial charge in [0.05, 0.1) is 25.2 Å². The van der Waals surface area contributed by atoms with Gasteiger partial charge in [0.1, 0.15) is 5.75 Å². The van der Waals surface area contributed by atoms with Gasteiger partial charge >= 0.3 is 0 Å². The van der Waals surface area contributed by atoms with Gasteiger partial charge in [-0.25, -0.2) is 0 Å². The number of amides is 1. The third-order valence-electron chi connectivity index (χ3n) is 1.74. The van der Waals surface area contributed by atoms with E-state index in [0.717, 1.165) is 0 Å². The van der Waals surface area contributed by atoms with Crippen LogP contribution in [0.2, 0.25) is 0 Å². The number of ether oxygens (including phenoxy) is 1. The summed E-state index contributed by atoms with van der Waals surface area (Å²) >= 11 is 0.